The maximum absolute atomic E-state index is 12.0. The van der Waals surface area contributed by atoms with Crippen molar-refractivity contribution in [3.63, 3.8) is 0 Å². The lowest BCUT2D eigenvalue weighted by atomic mass is 10.1. The SMILES string of the molecule is Cc1ccc(C(=O)NCc2ccc(-c3cccnc3)nc2)s1. The summed E-state index contributed by atoms with van der Waals surface area (Å²) >= 11 is 1.50. The summed E-state index contributed by atoms with van der Waals surface area (Å²) in [6, 6.07) is 11.6. The summed E-state index contributed by atoms with van der Waals surface area (Å²) in [6.07, 6.45) is 5.30. The molecule has 3 heterocycles. The summed E-state index contributed by atoms with van der Waals surface area (Å²) < 4.78 is 0. The molecule has 0 aromatic carbocycles. The Labute approximate surface area is 132 Å². The fourth-order valence-electron chi connectivity index (χ4n) is 2.04. The van der Waals surface area contributed by atoms with E-state index in [0.717, 1.165) is 26.6 Å². The Kier molecular flexibility index (Phi) is 4.25. The molecule has 0 fully saturated rings. The van der Waals surface area contributed by atoms with Crippen LogP contribution in [0.1, 0.15) is 20.1 Å². The molecular formula is C17H15N3OS. The number of aryl methyl sites for hydroxylation is 1. The first kappa shape index (κ1) is 14.4. The quantitative estimate of drug-likeness (QED) is 0.803. The van der Waals surface area contributed by atoms with Gasteiger partial charge >= 0.3 is 0 Å². The van der Waals surface area contributed by atoms with Crippen molar-refractivity contribution in [3.8, 4) is 11.3 Å². The monoisotopic (exact) mass is 309 g/mol. The second-order valence-electron chi connectivity index (χ2n) is 4.89. The molecule has 3 aromatic heterocycles. The maximum atomic E-state index is 12.0. The van der Waals surface area contributed by atoms with E-state index in [4.69, 9.17) is 0 Å². The first-order chi connectivity index (χ1) is 10.7. The molecule has 1 N–H and O–H groups in total. The van der Waals surface area contributed by atoms with Crippen LogP contribution in [0.15, 0.2) is 55.0 Å². The first-order valence-corrected chi connectivity index (χ1v) is 7.74. The minimum Gasteiger partial charge on any atom is -0.347 e. The molecule has 22 heavy (non-hydrogen) atoms. The number of nitrogens with one attached hydrogen (secondary N) is 1. The molecule has 0 aliphatic rings. The summed E-state index contributed by atoms with van der Waals surface area (Å²) in [7, 11) is 0. The Bertz CT molecular complexity index is 766. The van der Waals surface area contributed by atoms with Gasteiger partial charge in [-0.25, -0.2) is 0 Å². The van der Waals surface area contributed by atoms with Crippen LogP contribution in [-0.2, 0) is 6.54 Å². The van der Waals surface area contributed by atoms with Crippen LogP contribution >= 0.6 is 11.3 Å². The molecule has 5 heteroatoms. The van der Waals surface area contributed by atoms with Gasteiger partial charge < -0.3 is 5.32 Å². The van der Waals surface area contributed by atoms with Gasteiger partial charge in [0.25, 0.3) is 5.91 Å². The fraction of sp³-hybridized carbons (Fsp3) is 0.118. The zero-order valence-electron chi connectivity index (χ0n) is 12.1. The molecule has 3 rings (SSSR count). The van der Waals surface area contributed by atoms with Gasteiger partial charge in [0.1, 0.15) is 0 Å². The molecule has 0 aliphatic heterocycles. The molecule has 4 nitrogen and oxygen atoms in total. The number of hydrogen-bond donors (Lipinski definition) is 1. The fourth-order valence-corrected chi connectivity index (χ4v) is 2.82. The van der Waals surface area contributed by atoms with Crippen LogP contribution in [0.5, 0.6) is 0 Å². The van der Waals surface area contributed by atoms with Crippen molar-refractivity contribution < 1.29 is 4.79 Å². The van der Waals surface area contributed by atoms with E-state index < -0.39 is 0 Å². The standard InChI is InChI=1S/C17H15N3OS/c1-12-4-7-16(22-12)17(21)20-10-13-5-6-15(19-9-13)14-3-2-8-18-11-14/h2-9,11H,10H2,1H3,(H,20,21). The molecule has 0 bridgehead atoms. The first-order valence-electron chi connectivity index (χ1n) is 6.92. The molecule has 110 valence electrons. The maximum Gasteiger partial charge on any atom is 0.261 e. The van der Waals surface area contributed by atoms with E-state index in [1.54, 1.807) is 18.6 Å². The highest BCUT2D eigenvalue weighted by Crippen LogP contribution is 2.16. The average molecular weight is 309 g/mol. The number of carbonyl (C=O) groups is 1. The molecule has 0 saturated carbocycles. The number of hydrogen-bond acceptors (Lipinski definition) is 4. The van der Waals surface area contributed by atoms with Gasteiger partial charge in [-0.1, -0.05) is 6.07 Å². The smallest absolute Gasteiger partial charge is 0.261 e. The number of pyridine rings is 2. The predicted molar refractivity (Wildman–Crippen MR) is 87.7 cm³/mol. The van der Waals surface area contributed by atoms with Crippen LogP contribution in [0.3, 0.4) is 0 Å². The van der Waals surface area contributed by atoms with E-state index in [1.165, 1.54) is 11.3 Å². The molecule has 0 spiro atoms. The number of nitrogens with zero attached hydrogens (tertiary/aromatic N) is 2. The lowest BCUT2D eigenvalue weighted by Crippen LogP contribution is -2.21. The van der Waals surface area contributed by atoms with E-state index in [-0.39, 0.29) is 5.91 Å². The third-order valence-electron chi connectivity index (χ3n) is 3.20. The highest BCUT2D eigenvalue weighted by atomic mass is 32.1. The van der Waals surface area contributed by atoms with Crippen LogP contribution in [-0.4, -0.2) is 15.9 Å². The number of aromatic nitrogens is 2. The topological polar surface area (TPSA) is 54.9 Å². The summed E-state index contributed by atoms with van der Waals surface area (Å²) in [5.41, 5.74) is 2.82. The van der Waals surface area contributed by atoms with Crippen LogP contribution in [0.2, 0.25) is 0 Å². The Balaban J connectivity index is 1.63. The molecule has 3 aromatic rings. The second kappa shape index (κ2) is 6.49. The van der Waals surface area contributed by atoms with Crippen LogP contribution < -0.4 is 5.32 Å². The summed E-state index contributed by atoms with van der Waals surface area (Å²) in [5.74, 6) is -0.0468. The summed E-state index contributed by atoms with van der Waals surface area (Å²) in [5, 5.41) is 2.91. The van der Waals surface area contributed by atoms with E-state index in [2.05, 4.69) is 15.3 Å². The van der Waals surface area contributed by atoms with Gasteiger partial charge in [-0.3, -0.25) is 14.8 Å². The Morgan fingerprint density at radius 1 is 1.18 bits per heavy atom. The molecule has 0 unspecified atom stereocenters. The zero-order chi connectivity index (χ0) is 15.4. The second-order valence-corrected chi connectivity index (χ2v) is 6.17. The van der Waals surface area contributed by atoms with Gasteiger partial charge in [0.05, 0.1) is 10.6 Å². The normalized spacial score (nSPS) is 10.4. The molecule has 1 amide bonds. The molecule has 0 atom stereocenters. The molecule has 0 aliphatic carbocycles. The van der Waals surface area contributed by atoms with Crippen LogP contribution in [0, 0.1) is 6.92 Å². The third-order valence-corrected chi connectivity index (χ3v) is 4.20. The van der Waals surface area contributed by atoms with Crippen molar-refractivity contribution in [2.45, 2.75) is 13.5 Å². The van der Waals surface area contributed by atoms with E-state index in [9.17, 15) is 4.79 Å². The predicted octanol–water partition coefficient (Wildman–Crippen LogP) is 3.44. The van der Waals surface area contributed by atoms with E-state index >= 15 is 0 Å². The number of rotatable bonds is 4. The number of thiophene rings is 1. The van der Waals surface area contributed by atoms with Crippen molar-refractivity contribution >= 4 is 17.2 Å². The minimum atomic E-state index is -0.0468. The van der Waals surface area contributed by atoms with Gasteiger partial charge in [-0.2, -0.15) is 0 Å². The highest BCUT2D eigenvalue weighted by molar-refractivity contribution is 7.13. The summed E-state index contributed by atoms with van der Waals surface area (Å²) in [4.78, 5) is 22.4. The van der Waals surface area contributed by atoms with Gasteiger partial charge in [0.15, 0.2) is 0 Å². The van der Waals surface area contributed by atoms with Crippen LogP contribution in [0.4, 0.5) is 0 Å². The number of carbonyl (C=O) groups excluding carboxylic acids is 1. The van der Waals surface area contributed by atoms with Gasteiger partial charge in [-0.15, -0.1) is 11.3 Å². The Morgan fingerprint density at radius 2 is 2.09 bits per heavy atom. The van der Waals surface area contributed by atoms with Crippen molar-refractivity contribution in [1.29, 1.82) is 0 Å². The van der Waals surface area contributed by atoms with Crippen molar-refractivity contribution in [1.82, 2.24) is 15.3 Å². The zero-order valence-corrected chi connectivity index (χ0v) is 12.9. The van der Waals surface area contributed by atoms with Gasteiger partial charge in [0, 0.05) is 35.6 Å². The largest absolute Gasteiger partial charge is 0.347 e. The molecule has 0 saturated heterocycles. The Hall–Kier alpha value is -2.53. The third kappa shape index (κ3) is 3.38. The van der Waals surface area contributed by atoms with Crippen LogP contribution in [0.25, 0.3) is 11.3 Å². The molecular weight excluding hydrogens is 294 g/mol. The van der Waals surface area contributed by atoms with Crippen molar-refractivity contribution in [2.75, 3.05) is 0 Å². The van der Waals surface area contributed by atoms with Gasteiger partial charge in [0.2, 0.25) is 0 Å². The molecule has 0 radical (unpaired) electrons. The van der Waals surface area contributed by atoms with E-state index in [1.807, 2.05) is 43.3 Å². The van der Waals surface area contributed by atoms with Gasteiger partial charge in [-0.05, 0) is 42.8 Å². The lowest BCUT2D eigenvalue weighted by molar-refractivity contribution is 0.0955. The Morgan fingerprint density at radius 3 is 2.73 bits per heavy atom. The number of amides is 1. The highest BCUT2D eigenvalue weighted by Gasteiger charge is 2.07. The van der Waals surface area contributed by atoms with Crippen molar-refractivity contribution in [3.05, 3.63) is 70.3 Å². The van der Waals surface area contributed by atoms with Crippen molar-refractivity contribution in [2.24, 2.45) is 0 Å². The minimum absolute atomic E-state index is 0.0468. The average Bonchev–Trinajstić information content (AvgIpc) is 3.00. The van der Waals surface area contributed by atoms with E-state index in [0.29, 0.717) is 6.54 Å². The lowest BCUT2D eigenvalue weighted by Gasteiger charge is -2.05. The summed E-state index contributed by atoms with van der Waals surface area (Å²) in [6.45, 7) is 2.46.